The Kier molecular flexibility index (Phi) is 2.04. The molecule has 1 heterocycles. The van der Waals surface area contributed by atoms with Gasteiger partial charge in [-0.2, -0.15) is 0 Å². The summed E-state index contributed by atoms with van der Waals surface area (Å²) in [6.07, 6.45) is 0. The molecule has 1 aromatic carbocycles. The van der Waals surface area contributed by atoms with E-state index in [9.17, 15) is 4.79 Å². The Bertz CT molecular complexity index is 342. The van der Waals surface area contributed by atoms with Crippen molar-refractivity contribution < 1.29 is 14.2 Å². The van der Waals surface area contributed by atoms with Gasteiger partial charge in [-0.05, 0) is 11.5 Å². The molecule has 66 valence electrons. The van der Waals surface area contributed by atoms with Crippen molar-refractivity contribution in [2.24, 2.45) is 0 Å². The zero-order chi connectivity index (χ0) is 9.26. The molecule has 0 bridgehead atoms. The first-order valence-electron chi connectivity index (χ1n) is 3.90. The standard InChI is InChI=1S/C8H8BNO3/c1-12-9-7-5-3-2-4-6(7)8(11)10-13-9/h2-5H,1H3,(H,10,11). The minimum Gasteiger partial charge on any atom is -0.409 e. The summed E-state index contributed by atoms with van der Waals surface area (Å²) in [6.45, 7) is 0. The topological polar surface area (TPSA) is 47.6 Å². The number of carbonyl (C=O) groups excluding carboxylic acids is 1. The van der Waals surface area contributed by atoms with E-state index in [4.69, 9.17) is 9.41 Å². The number of fused-ring (bicyclic) bond motifs is 1. The van der Waals surface area contributed by atoms with Gasteiger partial charge in [0.2, 0.25) is 0 Å². The van der Waals surface area contributed by atoms with Crippen LogP contribution in [0.3, 0.4) is 0 Å². The summed E-state index contributed by atoms with van der Waals surface area (Å²) >= 11 is 0. The average Bonchev–Trinajstić information content (AvgIpc) is 2.19. The number of hydrogen-bond acceptors (Lipinski definition) is 3. The van der Waals surface area contributed by atoms with Crippen LogP contribution in [0.5, 0.6) is 0 Å². The molecule has 0 atom stereocenters. The lowest BCUT2D eigenvalue weighted by atomic mass is 9.75. The van der Waals surface area contributed by atoms with Gasteiger partial charge in [-0.1, -0.05) is 18.2 Å². The lowest BCUT2D eigenvalue weighted by molar-refractivity contribution is 0.0686. The summed E-state index contributed by atoms with van der Waals surface area (Å²) in [6, 6.07) is 7.19. The number of hydroxylamine groups is 1. The lowest BCUT2D eigenvalue weighted by Gasteiger charge is -2.20. The fraction of sp³-hybridized carbons (Fsp3) is 0.125. The van der Waals surface area contributed by atoms with E-state index in [1.165, 1.54) is 7.11 Å². The van der Waals surface area contributed by atoms with Crippen molar-refractivity contribution >= 4 is 18.5 Å². The molecule has 0 spiro atoms. The third-order valence-electron chi connectivity index (χ3n) is 1.93. The van der Waals surface area contributed by atoms with E-state index < -0.39 is 7.12 Å². The number of nitrogens with one attached hydrogen (secondary N) is 1. The summed E-state index contributed by atoms with van der Waals surface area (Å²) in [7, 11) is 1.02. The highest BCUT2D eigenvalue weighted by Crippen LogP contribution is 2.04. The predicted octanol–water partition coefficient (Wildman–Crippen LogP) is -0.297. The first-order valence-corrected chi connectivity index (χ1v) is 3.90. The summed E-state index contributed by atoms with van der Waals surface area (Å²) in [5.41, 5.74) is 3.63. The molecule has 1 N–H and O–H groups in total. The van der Waals surface area contributed by atoms with Crippen molar-refractivity contribution in [3.63, 3.8) is 0 Å². The second kappa shape index (κ2) is 3.20. The number of carbonyl (C=O) groups is 1. The number of amides is 1. The second-order valence-corrected chi connectivity index (χ2v) is 2.70. The maximum Gasteiger partial charge on any atom is 0.517 e. The highest BCUT2D eigenvalue weighted by atomic mass is 16.7. The van der Waals surface area contributed by atoms with Crippen molar-refractivity contribution in [1.82, 2.24) is 5.48 Å². The molecule has 0 radical (unpaired) electrons. The van der Waals surface area contributed by atoms with Gasteiger partial charge in [0, 0.05) is 12.7 Å². The van der Waals surface area contributed by atoms with Gasteiger partial charge in [0.25, 0.3) is 5.91 Å². The van der Waals surface area contributed by atoms with E-state index in [1.807, 2.05) is 12.1 Å². The summed E-state index contributed by atoms with van der Waals surface area (Å²) in [4.78, 5) is 11.3. The van der Waals surface area contributed by atoms with Gasteiger partial charge in [-0.15, -0.1) is 0 Å². The highest BCUT2D eigenvalue weighted by molar-refractivity contribution is 6.63. The van der Waals surface area contributed by atoms with Crippen molar-refractivity contribution in [2.75, 3.05) is 7.11 Å². The van der Waals surface area contributed by atoms with Gasteiger partial charge in [0.05, 0.1) is 0 Å². The second-order valence-electron chi connectivity index (χ2n) is 2.70. The molecular formula is C8H8BNO3. The molecule has 1 aliphatic rings. The molecule has 2 rings (SSSR count). The Labute approximate surface area is 75.9 Å². The number of hydrogen-bond donors (Lipinski definition) is 1. The first-order chi connectivity index (χ1) is 6.33. The van der Waals surface area contributed by atoms with Gasteiger partial charge in [-0.25, -0.2) is 5.48 Å². The quantitative estimate of drug-likeness (QED) is 0.599. The molecule has 0 aliphatic carbocycles. The molecule has 0 saturated heterocycles. The first kappa shape index (κ1) is 8.28. The third-order valence-corrected chi connectivity index (χ3v) is 1.93. The van der Waals surface area contributed by atoms with Gasteiger partial charge in [0.15, 0.2) is 0 Å². The summed E-state index contributed by atoms with van der Waals surface area (Å²) in [5, 5.41) is 0. The van der Waals surface area contributed by atoms with E-state index in [0.29, 0.717) is 5.56 Å². The van der Waals surface area contributed by atoms with Crippen LogP contribution >= 0.6 is 0 Å². The van der Waals surface area contributed by atoms with Crippen molar-refractivity contribution in [3.8, 4) is 0 Å². The van der Waals surface area contributed by atoms with E-state index in [1.54, 1.807) is 12.1 Å². The van der Waals surface area contributed by atoms with Gasteiger partial charge < -0.3 is 4.65 Å². The van der Waals surface area contributed by atoms with Crippen molar-refractivity contribution in [1.29, 1.82) is 0 Å². The van der Waals surface area contributed by atoms with Gasteiger partial charge in [0.1, 0.15) is 0 Å². The molecule has 1 aromatic rings. The fourth-order valence-corrected chi connectivity index (χ4v) is 1.31. The fourth-order valence-electron chi connectivity index (χ4n) is 1.31. The molecule has 0 unspecified atom stereocenters. The van der Waals surface area contributed by atoms with E-state index in [2.05, 4.69) is 5.48 Å². The molecule has 0 fully saturated rings. The Morgan fingerprint density at radius 3 is 3.00 bits per heavy atom. The normalized spacial score (nSPS) is 15.2. The van der Waals surface area contributed by atoms with Crippen LogP contribution in [0.25, 0.3) is 0 Å². The van der Waals surface area contributed by atoms with Crippen LogP contribution in [0.1, 0.15) is 10.4 Å². The highest BCUT2D eigenvalue weighted by Gasteiger charge is 2.31. The van der Waals surface area contributed by atoms with Crippen LogP contribution in [0.15, 0.2) is 24.3 Å². The molecule has 0 saturated carbocycles. The van der Waals surface area contributed by atoms with Crippen molar-refractivity contribution in [2.45, 2.75) is 0 Å². The number of rotatable bonds is 1. The maximum atomic E-state index is 11.3. The van der Waals surface area contributed by atoms with Crippen molar-refractivity contribution in [3.05, 3.63) is 29.8 Å². The van der Waals surface area contributed by atoms with Crippen LogP contribution < -0.4 is 10.9 Å². The summed E-state index contributed by atoms with van der Waals surface area (Å²) < 4.78 is 9.97. The average molecular weight is 177 g/mol. The molecular weight excluding hydrogens is 169 g/mol. The minimum absolute atomic E-state index is 0.232. The van der Waals surface area contributed by atoms with Crippen LogP contribution in [0.4, 0.5) is 0 Å². The molecule has 0 aromatic heterocycles. The zero-order valence-electron chi connectivity index (χ0n) is 7.11. The molecule has 1 amide bonds. The SMILES string of the molecule is COB1ONC(=O)c2ccccc21. The van der Waals surface area contributed by atoms with E-state index in [0.717, 1.165) is 5.46 Å². The Hall–Kier alpha value is -1.33. The van der Waals surface area contributed by atoms with Crippen LogP contribution in [0, 0.1) is 0 Å². The van der Waals surface area contributed by atoms with E-state index >= 15 is 0 Å². The van der Waals surface area contributed by atoms with Crippen LogP contribution in [-0.2, 0) is 9.41 Å². The number of benzene rings is 1. The Balaban J connectivity index is 2.47. The predicted molar refractivity (Wildman–Crippen MR) is 47.4 cm³/mol. The zero-order valence-corrected chi connectivity index (χ0v) is 7.11. The Morgan fingerprint density at radius 2 is 2.23 bits per heavy atom. The van der Waals surface area contributed by atoms with Gasteiger partial charge in [-0.3, -0.25) is 9.55 Å². The largest absolute Gasteiger partial charge is 0.517 e. The lowest BCUT2D eigenvalue weighted by Crippen LogP contribution is -2.50. The molecule has 13 heavy (non-hydrogen) atoms. The maximum absolute atomic E-state index is 11.3. The smallest absolute Gasteiger partial charge is 0.409 e. The van der Waals surface area contributed by atoms with Crippen LogP contribution in [0.2, 0.25) is 0 Å². The van der Waals surface area contributed by atoms with Gasteiger partial charge >= 0.3 is 7.12 Å². The summed E-state index contributed by atoms with van der Waals surface area (Å²) in [5.74, 6) is -0.232. The Morgan fingerprint density at radius 1 is 1.46 bits per heavy atom. The minimum atomic E-state index is -0.506. The monoisotopic (exact) mass is 177 g/mol. The van der Waals surface area contributed by atoms with E-state index in [-0.39, 0.29) is 5.91 Å². The molecule has 5 heteroatoms. The molecule has 4 nitrogen and oxygen atoms in total. The third kappa shape index (κ3) is 1.32. The van der Waals surface area contributed by atoms with Crippen LogP contribution in [-0.4, -0.2) is 20.1 Å². The molecule has 1 aliphatic heterocycles.